The van der Waals surface area contributed by atoms with Crippen molar-refractivity contribution in [3.63, 3.8) is 0 Å². The molecular weight excluding hydrogens is 422 g/mol. The van der Waals surface area contributed by atoms with Crippen LogP contribution in [-0.4, -0.2) is 28.6 Å². The minimum absolute atomic E-state index is 0.0471. The van der Waals surface area contributed by atoms with Crippen LogP contribution >= 0.6 is 11.3 Å². The summed E-state index contributed by atoms with van der Waals surface area (Å²) >= 11 is 1.60. The van der Waals surface area contributed by atoms with Crippen molar-refractivity contribution in [2.24, 2.45) is 0 Å². The van der Waals surface area contributed by atoms with Gasteiger partial charge in [0.2, 0.25) is 6.79 Å². The zero-order valence-electron chi connectivity index (χ0n) is 17.4. The Morgan fingerprint density at radius 1 is 1.12 bits per heavy atom. The van der Waals surface area contributed by atoms with Gasteiger partial charge in [0.05, 0.1) is 16.3 Å². The van der Waals surface area contributed by atoms with Gasteiger partial charge < -0.3 is 14.8 Å². The lowest BCUT2D eigenvalue weighted by molar-refractivity contribution is 0.0764. The van der Waals surface area contributed by atoms with Crippen molar-refractivity contribution in [2.75, 3.05) is 12.1 Å². The van der Waals surface area contributed by atoms with E-state index in [2.05, 4.69) is 27.4 Å². The van der Waals surface area contributed by atoms with Crippen LogP contribution in [0.4, 0.5) is 5.82 Å². The fraction of sp³-hybridized carbons (Fsp3) is 0.160. The number of ether oxygens (including phenoxy) is 2. The van der Waals surface area contributed by atoms with Gasteiger partial charge in [0.1, 0.15) is 18.4 Å². The van der Waals surface area contributed by atoms with Crippen LogP contribution in [0.15, 0.2) is 79.0 Å². The summed E-state index contributed by atoms with van der Waals surface area (Å²) in [6.45, 7) is 1.80. The molecule has 0 radical (unpaired) electrons. The summed E-state index contributed by atoms with van der Waals surface area (Å²) in [5.74, 6) is 1.53. The minimum Gasteiger partial charge on any atom is -0.462 e. The number of Topliss-reactive ketones (excluding diaryl/α,β-unsaturated/α-hetero) is 1. The summed E-state index contributed by atoms with van der Waals surface area (Å²) in [6.07, 6.45) is 3.94. The number of carbonyl (C=O) groups is 1. The maximum Gasteiger partial charge on any atom is 0.229 e. The largest absolute Gasteiger partial charge is 0.462 e. The summed E-state index contributed by atoms with van der Waals surface area (Å²) < 4.78 is 11.9. The van der Waals surface area contributed by atoms with E-state index in [1.54, 1.807) is 30.8 Å². The first kappa shape index (κ1) is 20.2. The Morgan fingerprint density at radius 2 is 2.00 bits per heavy atom. The average molecular weight is 444 g/mol. The molecule has 0 spiro atoms. The number of rotatable bonds is 7. The van der Waals surface area contributed by atoms with E-state index in [0.717, 1.165) is 38.7 Å². The predicted octanol–water partition coefficient (Wildman–Crippen LogP) is 5.43. The van der Waals surface area contributed by atoms with Gasteiger partial charge in [0.25, 0.3) is 0 Å². The van der Waals surface area contributed by atoms with Crippen LogP contribution in [0.25, 0.3) is 20.7 Å². The van der Waals surface area contributed by atoms with Crippen LogP contribution in [0.3, 0.4) is 0 Å². The molecule has 1 N–H and O–H groups in total. The highest BCUT2D eigenvalue weighted by molar-refractivity contribution is 7.22. The number of thiophene rings is 1. The molecule has 1 atom stereocenters. The number of aromatic nitrogens is 2. The van der Waals surface area contributed by atoms with E-state index in [1.165, 1.54) is 5.56 Å². The Morgan fingerprint density at radius 3 is 2.78 bits per heavy atom. The molecule has 7 heteroatoms. The lowest BCUT2D eigenvalue weighted by atomic mass is 10.0. The van der Waals surface area contributed by atoms with E-state index < -0.39 is 0 Å². The molecule has 2 aromatic carbocycles. The van der Waals surface area contributed by atoms with E-state index in [1.807, 2.05) is 48.5 Å². The number of anilines is 1. The fourth-order valence-electron chi connectivity index (χ4n) is 3.66. The zero-order chi connectivity index (χ0) is 21.9. The standard InChI is InChI=1S/C25H21N3O3S/c1-16(29)18-8-5-9-19(11-18)23-12-21-24(32-23)25(27-14-26-21)28-20(22-13-30-15-31-22)10-17-6-3-2-4-7-17/h2-9,11-14,20H,10,15H2,1H3,(H,26,27,28). The molecule has 0 bridgehead atoms. The third-order valence-electron chi connectivity index (χ3n) is 5.29. The van der Waals surface area contributed by atoms with Gasteiger partial charge in [-0.25, -0.2) is 9.97 Å². The highest BCUT2D eigenvalue weighted by Gasteiger charge is 2.22. The molecule has 5 rings (SSSR count). The third kappa shape index (κ3) is 4.20. The first-order valence-electron chi connectivity index (χ1n) is 10.3. The number of hydrogen-bond acceptors (Lipinski definition) is 7. The van der Waals surface area contributed by atoms with Gasteiger partial charge in [-0.05, 0) is 36.6 Å². The molecule has 1 unspecified atom stereocenters. The Kier molecular flexibility index (Phi) is 5.56. The molecule has 1 aliphatic heterocycles. The lowest BCUT2D eigenvalue weighted by Gasteiger charge is -2.19. The van der Waals surface area contributed by atoms with Crippen molar-refractivity contribution in [2.45, 2.75) is 19.4 Å². The van der Waals surface area contributed by atoms with Crippen molar-refractivity contribution < 1.29 is 14.3 Å². The number of fused-ring (bicyclic) bond motifs is 1. The van der Waals surface area contributed by atoms with E-state index in [-0.39, 0.29) is 18.6 Å². The number of benzene rings is 2. The maximum atomic E-state index is 11.8. The number of ketones is 1. The Balaban J connectivity index is 1.49. The Bertz CT molecular complexity index is 1300. The number of carbonyl (C=O) groups excluding carboxylic acids is 1. The van der Waals surface area contributed by atoms with Crippen molar-refractivity contribution in [3.8, 4) is 10.4 Å². The molecule has 0 fully saturated rings. The molecule has 0 aliphatic carbocycles. The third-order valence-corrected chi connectivity index (χ3v) is 6.48. The van der Waals surface area contributed by atoms with Crippen LogP contribution in [-0.2, 0) is 15.9 Å². The molecular formula is C25H21N3O3S. The van der Waals surface area contributed by atoms with Crippen molar-refractivity contribution in [1.82, 2.24) is 9.97 Å². The van der Waals surface area contributed by atoms with Gasteiger partial charge in [-0.3, -0.25) is 4.79 Å². The smallest absolute Gasteiger partial charge is 0.229 e. The predicted molar refractivity (Wildman–Crippen MR) is 126 cm³/mol. The van der Waals surface area contributed by atoms with E-state index >= 15 is 0 Å². The van der Waals surface area contributed by atoms with Crippen molar-refractivity contribution in [3.05, 3.63) is 90.1 Å². The summed E-state index contributed by atoms with van der Waals surface area (Å²) in [5, 5.41) is 3.54. The van der Waals surface area contributed by atoms with Gasteiger partial charge in [-0.1, -0.05) is 48.5 Å². The van der Waals surface area contributed by atoms with Crippen LogP contribution < -0.4 is 5.32 Å². The van der Waals surface area contributed by atoms with Crippen LogP contribution in [0.2, 0.25) is 0 Å². The fourth-order valence-corrected chi connectivity index (χ4v) is 4.72. The van der Waals surface area contributed by atoms with Gasteiger partial charge in [-0.15, -0.1) is 11.3 Å². The normalized spacial score (nSPS) is 13.8. The Hall–Kier alpha value is -3.71. The van der Waals surface area contributed by atoms with Crippen LogP contribution in [0.1, 0.15) is 22.8 Å². The molecule has 0 amide bonds. The first-order chi connectivity index (χ1) is 15.7. The monoisotopic (exact) mass is 443 g/mol. The quantitative estimate of drug-likeness (QED) is 0.384. The molecule has 0 saturated carbocycles. The molecule has 32 heavy (non-hydrogen) atoms. The SMILES string of the molecule is CC(=O)c1cccc(-c2cc3ncnc(NC(Cc4ccccc4)C4=COCO4)c3s2)c1. The van der Waals surface area contributed by atoms with Gasteiger partial charge in [0, 0.05) is 10.4 Å². The molecule has 6 nitrogen and oxygen atoms in total. The second kappa shape index (κ2) is 8.80. The second-order valence-electron chi connectivity index (χ2n) is 7.52. The number of nitrogens with one attached hydrogen (secondary N) is 1. The molecule has 0 saturated heterocycles. The summed E-state index contributed by atoms with van der Waals surface area (Å²) in [7, 11) is 0. The molecule has 160 valence electrons. The number of hydrogen-bond donors (Lipinski definition) is 1. The molecule has 3 heterocycles. The second-order valence-corrected chi connectivity index (χ2v) is 8.57. The van der Waals surface area contributed by atoms with Gasteiger partial charge >= 0.3 is 0 Å². The van der Waals surface area contributed by atoms with Crippen molar-refractivity contribution >= 4 is 33.2 Å². The molecule has 4 aromatic rings. The topological polar surface area (TPSA) is 73.3 Å². The van der Waals surface area contributed by atoms with E-state index in [4.69, 9.17) is 9.47 Å². The van der Waals surface area contributed by atoms with Crippen molar-refractivity contribution in [1.29, 1.82) is 0 Å². The first-order valence-corrected chi connectivity index (χ1v) is 11.1. The Labute approximate surface area is 189 Å². The highest BCUT2D eigenvalue weighted by atomic mass is 32.1. The highest BCUT2D eigenvalue weighted by Crippen LogP contribution is 2.36. The summed E-state index contributed by atoms with van der Waals surface area (Å²) in [6, 6.07) is 19.8. The van der Waals surface area contributed by atoms with E-state index in [9.17, 15) is 4.79 Å². The number of nitrogens with zero attached hydrogens (tertiary/aromatic N) is 2. The average Bonchev–Trinajstić information content (AvgIpc) is 3.50. The van der Waals surface area contributed by atoms with Gasteiger partial charge in [0.15, 0.2) is 11.5 Å². The van der Waals surface area contributed by atoms with Crippen LogP contribution in [0, 0.1) is 0 Å². The van der Waals surface area contributed by atoms with Gasteiger partial charge in [-0.2, -0.15) is 0 Å². The minimum atomic E-state index is -0.135. The van der Waals surface area contributed by atoms with E-state index in [0.29, 0.717) is 5.56 Å². The summed E-state index contributed by atoms with van der Waals surface area (Å²) in [4.78, 5) is 21.8. The molecule has 1 aliphatic rings. The lowest BCUT2D eigenvalue weighted by Crippen LogP contribution is -2.25. The summed E-state index contributed by atoms with van der Waals surface area (Å²) in [5.41, 5.74) is 3.71. The van der Waals surface area contributed by atoms with Crippen LogP contribution in [0.5, 0.6) is 0 Å². The maximum absolute atomic E-state index is 11.8. The zero-order valence-corrected chi connectivity index (χ0v) is 18.3. The molecule has 2 aromatic heterocycles.